The van der Waals surface area contributed by atoms with Crippen molar-refractivity contribution in [3.63, 3.8) is 0 Å². The quantitative estimate of drug-likeness (QED) is 0.170. The van der Waals surface area contributed by atoms with Crippen LogP contribution in [-0.4, -0.2) is 14.5 Å². The van der Waals surface area contributed by atoms with E-state index in [9.17, 15) is 0 Å². The minimum absolute atomic E-state index is 0.222. The highest BCUT2D eigenvalue weighted by molar-refractivity contribution is 6.14. The van der Waals surface area contributed by atoms with Crippen LogP contribution in [-0.2, 0) is 5.41 Å². The van der Waals surface area contributed by atoms with Gasteiger partial charge in [-0.15, -0.1) is 0 Å². The van der Waals surface area contributed by atoms with Gasteiger partial charge in [-0.05, 0) is 57.6 Å². The summed E-state index contributed by atoms with van der Waals surface area (Å²) in [5, 5.41) is 2.50. The number of aromatic nitrogens is 3. The third-order valence-electron chi connectivity index (χ3n) is 12.0. The minimum atomic E-state index is -0.222. The van der Waals surface area contributed by atoms with Crippen LogP contribution in [0.5, 0.6) is 0 Å². The number of hydrogen-bond acceptors (Lipinski definition) is 2. The van der Waals surface area contributed by atoms with Crippen LogP contribution in [0.3, 0.4) is 0 Å². The van der Waals surface area contributed by atoms with E-state index in [0.29, 0.717) is 5.82 Å². The molecular weight excluding hydrogens is 703 g/mol. The van der Waals surface area contributed by atoms with Crippen molar-refractivity contribution >= 4 is 21.8 Å². The average Bonchev–Trinajstić information content (AvgIpc) is 3.75. The zero-order valence-corrected chi connectivity index (χ0v) is 32.4. The van der Waals surface area contributed by atoms with E-state index in [1.54, 1.807) is 0 Å². The molecular formula is C55H39N3. The summed E-state index contributed by atoms with van der Waals surface area (Å²) in [6, 6.07) is 71.8. The van der Waals surface area contributed by atoms with Crippen LogP contribution in [0.1, 0.15) is 25.0 Å². The lowest BCUT2D eigenvalue weighted by Crippen LogP contribution is -2.16. The summed E-state index contributed by atoms with van der Waals surface area (Å²) >= 11 is 0. The number of benzene rings is 8. The highest BCUT2D eigenvalue weighted by atomic mass is 15.0. The highest BCUT2D eigenvalue weighted by Crippen LogP contribution is 2.54. The molecule has 11 rings (SSSR count). The van der Waals surface area contributed by atoms with Gasteiger partial charge in [-0.1, -0.05) is 190 Å². The fourth-order valence-corrected chi connectivity index (χ4v) is 9.31. The maximum absolute atomic E-state index is 5.33. The molecule has 0 radical (unpaired) electrons. The van der Waals surface area contributed by atoms with Crippen molar-refractivity contribution in [1.82, 2.24) is 14.5 Å². The Balaban J connectivity index is 1.28. The third kappa shape index (κ3) is 5.35. The van der Waals surface area contributed by atoms with E-state index >= 15 is 0 Å². The van der Waals surface area contributed by atoms with Crippen molar-refractivity contribution in [2.45, 2.75) is 19.3 Å². The van der Waals surface area contributed by atoms with Gasteiger partial charge in [0.1, 0.15) is 0 Å². The fourth-order valence-electron chi connectivity index (χ4n) is 9.31. The first kappa shape index (κ1) is 33.9. The first-order valence-corrected chi connectivity index (χ1v) is 20.0. The number of rotatable bonds is 6. The van der Waals surface area contributed by atoms with Crippen molar-refractivity contribution < 1.29 is 0 Å². The van der Waals surface area contributed by atoms with Crippen molar-refractivity contribution in [2.75, 3.05) is 0 Å². The largest absolute Gasteiger partial charge is 0.308 e. The summed E-state index contributed by atoms with van der Waals surface area (Å²) in [4.78, 5) is 10.5. The Bertz CT molecular complexity index is 3040. The molecule has 0 bridgehead atoms. The highest BCUT2D eigenvalue weighted by Gasteiger charge is 2.39. The molecule has 0 amide bonds. The van der Waals surface area contributed by atoms with Crippen LogP contribution >= 0.6 is 0 Å². The van der Waals surface area contributed by atoms with Crippen molar-refractivity contribution in [1.29, 1.82) is 0 Å². The Hall–Kier alpha value is -7.36. The summed E-state index contributed by atoms with van der Waals surface area (Å²) in [6.07, 6.45) is 0. The molecule has 0 saturated carbocycles. The normalized spacial score (nSPS) is 12.8. The molecule has 0 fully saturated rings. The monoisotopic (exact) mass is 741 g/mol. The molecule has 0 aliphatic heterocycles. The van der Waals surface area contributed by atoms with E-state index < -0.39 is 0 Å². The second-order valence-electron chi connectivity index (χ2n) is 15.8. The average molecular weight is 742 g/mol. The summed E-state index contributed by atoms with van der Waals surface area (Å²) in [7, 11) is 0. The molecule has 2 heterocycles. The van der Waals surface area contributed by atoms with Gasteiger partial charge < -0.3 is 4.57 Å². The Morgan fingerprint density at radius 1 is 0.397 bits per heavy atom. The molecule has 0 atom stereocenters. The predicted molar refractivity (Wildman–Crippen MR) is 241 cm³/mol. The first-order valence-electron chi connectivity index (χ1n) is 20.0. The van der Waals surface area contributed by atoms with E-state index in [0.717, 1.165) is 56.0 Å². The maximum Gasteiger partial charge on any atom is 0.160 e. The number of para-hydroxylation sites is 1. The van der Waals surface area contributed by atoms with Crippen molar-refractivity contribution in [3.05, 3.63) is 211 Å². The molecule has 0 saturated heterocycles. The van der Waals surface area contributed by atoms with Gasteiger partial charge in [0.25, 0.3) is 0 Å². The van der Waals surface area contributed by atoms with Crippen LogP contribution in [0.25, 0.3) is 94.8 Å². The van der Waals surface area contributed by atoms with Gasteiger partial charge in [0.05, 0.1) is 28.1 Å². The second-order valence-corrected chi connectivity index (χ2v) is 15.8. The number of nitrogens with zero attached hydrogens (tertiary/aromatic N) is 3. The van der Waals surface area contributed by atoms with Gasteiger partial charge in [-0.25, -0.2) is 9.97 Å². The smallest absolute Gasteiger partial charge is 0.160 e. The summed E-state index contributed by atoms with van der Waals surface area (Å²) in [6.45, 7) is 4.78. The lowest BCUT2D eigenvalue weighted by atomic mass is 9.81. The van der Waals surface area contributed by atoms with Crippen molar-refractivity contribution in [2.24, 2.45) is 0 Å². The van der Waals surface area contributed by atoms with Crippen LogP contribution in [0, 0.1) is 0 Å². The van der Waals surface area contributed by atoms with Gasteiger partial charge in [0, 0.05) is 44.0 Å². The van der Waals surface area contributed by atoms with Gasteiger partial charge >= 0.3 is 0 Å². The lowest BCUT2D eigenvalue weighted by Gasteiger charge is -2.26. The Morgan fingerprint density at radius 2 is 0.914 bits per heavy atom. The zero-order valence-electron chi connectivity index (χ0n) is 32.4. The van der Waals surface area contributed by atoms with E-state index in [4.69, 9.17) is 9.97 Å². The van der Waals surface area contributed by atoms with E-state index in [1.165, 1.54) is 44.1 Å². The standard InChI is InChI=1S/C55H39N3/c1-55(2)47-29-17-15-27-41(47)43-31-32-44-42-28-16-18-30-50(42)58(53(44)51(43)55)52-45(36-19-7-3-8-20-36)33-40(34-46(52)37-21-9-4-10-22-37)49-35-48(38-23-11-5-12-24-38)56-54(57-49)39-25-13-6-14-26-39/h3-35H,1-2H3. The molecule has 3 heteroatoms. The summed E-state index contributed by atoms with van der Waals surface area (Å²) in [5.41, 5.74) is 18.0. The molecule has 0 spiro atoms. The lowest BCUT2D eigenvalue weighted by molar-refractivity contribution is 0.664. The zero-order chi connectivity index (χ0) is 38.8. The minimum Gasteiger partial charge on any atom is -0.308 e. The van der Waals surface area contributed by atoms with Crippen LogP contribution in [0.4, 0.5) is 0 Å². The first-order chi connectivity index (χ1) is 28.5. The van der Waals surface area contributed by atoms with Gasteiger partial charge in [0.2, 0.25) is 0 Å². The maximum atomic E-state index is 5.33. The van der Waals surface area contributed by atoms with Gasteiger partial charge in [-0.2, -0.15) is 0 Å². The second kappa shape index (κ2) is 13.4. The molecule has 0 unspecified atom stereocenters. The molecule has 8 aromatic carbocycles. The Kier molecular flexibility index (Phi) is 7.84. The van der Waals surface area contributed by atoms with Gasteiger partial charge in [0.15, 0.2) is 5.82 Å². The third-order valence-corrected chi connectivity index (χ3v) is 12.0. The van der Waals surface area contributed by atoms with Crippen LogP contribution < -0.4 is 0 Å². The molecule has 2 aromatic heterocycles. The summed E-state index contributed by atoms with van der Waals surface area (Å²) < 4.78 is 2.58. The van der Waals surface area contributed by atoms with Crippen LogP contribution in [0.15, 0.2) is 200 Å². The van der Waals surface area contributed by atoms with E-state index in [2.05, 4.69) is 194 Å². The van der Waals surface area contributed by atoms with Gasteiger partial charge in [-0.3, -0.25) is 0 Å². The molecule has 58 heavy (non-hydrogen) atoms. The SMILES string of the molecule is CC1(C)c2ccccc2-c2ccc3c4ccccc4n(-c4c(-c5ccccc5)cc(-c5cc(-c6ccccc6)nc(-c6ccccc6)n5)cc4-c4ccccc4)c3c21. The number of hydrogen-bond donors (Lipinski definition) is 0. The summed E-state index contributed by atoms with van der Waals surface area (Å²) in [5.74, 6) is 0.698. The molecule has 274 valence electrons. The van der Waals surface area contributed by atoms with E-state index in [1.807, 2.05) is 24.3 Å². The Labute approximate surface area is 338 Å². The topological polar surface area (TPSA) is 30.7 Å². The molecule has 10 aromatic rings. The molecule has 0 N–H and O–H groups in total. The fraction of sp³-hybridized carbons (Fsp3) is 0.0545. The van der Waals surface area contributed by atoms with E-state index in [-0.39, 0.29) is 5.41 Å². The molecule has 1 aliphatic carbocycles. The predicted octanol–water partition coefficient (Wildman–Crippen LogP) is 14.2. The Morgan fingerprint density at radius 3 is 1.55 bits per heavy atom. The molecule has 1 aliphatic rings. The number of fused-ring (bicyclic) bond motifs is 7. The van der Waals surface area contributed by atoms with Crippen LogP contribution in [0.2, 0.25) is 0 Å². The molecule has 3 nitrogen and oxygen atoms in total. The van der Waals surface area contributed by atoms with Crippen molar-refractivity contribution in [3.8, 4) is 73.0 Å².